The van der Waals surface area contributed by atoms with Crippen LogP contribution in [0.25, 0.3) is 0 Å². The largest absolute Gasteiger partial charge is 0.454 e. The average molecular weight is 405 g/mol. The lowest BCUT2D eigenvalue weighted by Crippen LogP contribution is -2.25. The van der Waals surface area contributed by atoms with Crippen LogP contribution in [0.4, 0.5) is 10.1 Å². The van der Waals surface area contributed by atoms with Gasteiger partial charge in [0.2, 0.25) is 0 Å². The van der Waals surface area contributed by atoms with Crippen LogP contribution < -0.4 is 10.0 Å². The first kappa shape index (κ1) is 19.5. The Morgan fingerprint density at radius 1 is 1.21 bits per heavy atom. The molecule has 1 heterocycles. The number of rotatable bonds is 5. The van der Waals surface area contributed by atoms with Crippen molar-refractivity contribution in [3.8, 4) is 0 Å². The molecule has 0 radical (unpaired) electrons. The molecule has 0 fully saturated rings. The number of aliphatic imine (C=N–C) groups is 1. The number of carbonyl (C=O) groups excluding carboxylic acids is 2. The first-order valence-electron chi connectivity index (χ1n) is 8.14. The second-order valence-electron chi connectivity index (χ2n) is 5.94. The number of benzene rings is 2. The van der Waals surface area contributed by atoms with E-state index in [-0.39, 0.29) is 16.4 Å². The van der Waals surface area contributed by atoms with E-state index in [2.05, 4.69) is 15.0 Å². The Hall–Kier alpha value is -3.27. The van der Waals surface area contributed by atoms with Gasteiger partial charge < -0.3 is 10.1 Å². The summed E-state index contributed by atoms with van der Waals surface area (Å²) in [6, 6.07) is 10.4. The van der Waals surface area contributed by atoms with Crippen molar-refractivity contribution in [1.82, 2.24) is 4.72 Å². The van der Waals surface area contributed by atoms with E-state index in [0.29, 0.717) is 11.1 Å². The van der Waals surface area contributed by atoms with Gasteiger partial charge in [-0.3, -0.25) is 19.3 Å². The molecule has 0 spiro atoms. The molecular weight excluding hydrogens is 389 g/mol. The second kappa shape index (κ2) is 7.77. The van der Waals surface area contributed by atoms with Crippen molar-refractivity contribution in [3.05, 3.63) is 59.4 Å². The van der Waals surface area contributed by atoms with Gasteiger partial charge in [-0.25, -0.2) is 12.8 Å². The molecule has 0 saturated heterocycles. The number of aryl methyl sites for hydroxylation is 1. The number of halogens is 1. The standard InChI is InChI=1S/C18H16FN3O5S/c1-11-6-7-12(8-14(11)19)21-16(23)10-27-17(24)9-20-18-13-4-2-3-5-15(13)28(25,26)22-18/h2-8H,9-10H2,1H3,(H,20,22)(H,21,23). The number of nitrogens with one attached hydrogen (secondary N) is 2. The number of ether oxygens (including phenoxy) is 1. The van der Waals surface area contributed by atoms with Gasteiger partial charge >= 0.3 is 5.97 Å². The molecular formula is C18H16FN3O5S. The number of hydrogen-bond donors (Lipinski definition) is 2. The molecule has 3 rings (SSSR count). The van der Waals surface area contributed by atoms with E-state index in [0.717, 1.165) is 6.07 Å². The van der Waals surface area contributed by atoms with E-state index in [9.17, 15) is 22.4 Å². The highest BCUT2D eigenvalue weighted by Crippen LogP contribution is 2.22. The van der Waals surface area contributed by atoms with Crippen molar-refractivity contribution in [1.29, 1.82) is 0 Å². The topological polar surface area (TPSA) is 114 Å². The maximum absolute atomic E-state index is 13.5. The van der Waals surface area contributed by atoms with Gasteiger partial charge in [-0.15, -0.1) is 0 Å². The van der Waals surface area contributed by atoms with Gasteiger partial charge in [0.05, 0.1) is 4.90 Å². The lowest BCUT2D eigenvalue weighted by molar-refractivity contribution is -0.145. The van der Waals surface area contributed by atoms with Crippen molar-refractivity contribution in [2.45, 2.75) is 11.8 Å². The highest BCUT2D eigenvalue weighted by molar-refractivity contribution is 7.90. The minimum absolute atomic E-state index is 0.0344. The zero-order valence-corrected chi connectivity index (χ0v) is 15.5. The van der Waals surface area contributed by atoms with Crippen LogP contribution in [0, 0.1) is 12.7 Å². The molecule has 2 aromatic carbocycles. The fourth-order valence-electron chi connectivity index (χ4n) is 2.45. The molecule has 0 aromatic heterocycles. The number of carbonyl (C=O) groups is 2. The Balaban J connectivity index is 1.54. The van der Waals surface area contributed by atoms with Gasteiger partial charge in [-0.05, 0) is 36.8 Å². The molecule has 10 heteroatoms. The number of sulfonamides is 1. The summed E-state index contributed by atoms with van der Waals surface area (Å²) >= 11 is 0. The molecule has 0 aliphatic carbocycles. The van der Waals surface area contributed by atoms with Crippen molar-refractivity contribution >= 4 is 33.4 Å². The molecule has 1 aliphatic rings. The third-order valence-electron chi connectivity index (χ3n) is 3.85. The molecule has 0 saturated carbocycles. The minimum atomic E-state index is -3.70. The molecule has 1 aliphatic heterocycles. The first-order valence-corrected chi connectivity index (χ1v) is 9.63. The van der Waals surface area contributed by atoms with Crippen LogP contribution in [-0.2, 0) is 24.3 Å². The summed E-state index contributed by atoms with van der Waals surface area (Å²) in [5.74, 6) is -1.89. The number of hydrogen-bond acceptors (Lipinski definition) is 6. The average Bonchev–Trinajstić information content (AvgIpc) is 2.92. The third-order valence-corrected chi connectivity index (χ3v) is 5.25. The molecule has 146 valence electrons. The van der Waals surface area contributed by atoms with Gasteiger partial charge in [0.25, 0.3) is 15.9 Å². The van der Waals surface area contributed by atoms with Gasteiger partial charge in [-0.1, -0.05) is 18.2 Å². The Bertz CT molecular complexity index is 1080. The zero-order valence-electron chi connectivity index (χ0n) is 14.7. The highest BCUT2D eigenvalue weighted by Gasteiger charge is 2.30. The van der Waals surface area contributed by atoms with Crippen LogP contribution in [0.1, 0.15) is 11.1 Å². The number of fused-ring (bicyclic) bond motifs is 1. The van der Waals surface area contributed by atoms with Crippen LogP contribution in [0.5, 0.6) is 0 Å². The van der Waals surface area contributed by atoms with Crippen LogP contribution in [-0.4, -0.2) is 39.3 Å². The first-order chi connectivity index (χ1) is 13.3. The predicted molar refractivity (Wildman–Crippen MR) is 98.9 cm³/mol. The molecule has 2 N–H and O–H groups in total. The molecule has 28 heavy (non-hydrogen) atoms. The lowest BCUT2D eigenvalue weighted by atomic mass is 10.2. The zero-order chi connectivity index (χ0) is 20.3. The van der Waals surface area contributed by atoms with E-state index in [1.807, 2.05) is 0 Å². The smallest absolute Gasteiger partial charge is 0.328 e. The van der Waals surface area contributed by atoms with Crippen LogP contribution in [0.15, 0.2) is 52.4 Å². The van der Waals surface area contributed by atoms with E-state index >= 15 is 0 Å². The summed E-state index contributed by atoms with van der Waals surface area (Å²) in [5.41, 5.74) is 1.03. The molecule has 0 atom stereocenters. The minimum Gasteiger partial charge on any atom is -0.454 e. The summed E-state index contributed by atoms with van der Waals surface area (Å²) in [5, 5.41) is 2.40. The number of amides is 1. The monoisotopic (exact) mass is 405 g/mol. The van der Waals surface area contributed by atoms with Crippen molar-refractivity contribution < 1.29 is 27.1 Å². The van der Waals surface area contributed by atoms with E-state index in [1.54, 1.807) is 25.1 Å². The van der Waals surface area contributed by atoms with Crippen molar-refractivity contribution in [2.75, 3.05) is 18.5 Å². The Kier molecular flexibility index (Phi) is 5.41. The number of nitrogens with zero attached hydrogens (tertiary/aromatic N) is 1. The maximum atomic E-state index is 13.5. The molecule has 8 nitrogen and oxygen atoms in total. The Labute approximate surface area is 160 Å². The number of amidine groups is 1. The van der Waals surface area contributed by atoms with Crippen LogP contribution >= 0.6 is 0 Å². The molecule has 1 amide bonds. The second-order valence-corrected chi connectivity index (χ2v) is 7.59. The summed E-state index contributed by atoms with van der Waals surface area (Å²) in [6.07, 6.45) is 0. The number of anilines is 1. The summed E-state index contributed by atoms with van der Waals surface area (Å²) in [7, 11) is -3.70. The summed E-state index contributed by atoms with van der Waals surface area (Å²) < 4.78 is 44.4. The van der Waals surface area contributed by atoms with Crippen molar-refractivity contribution in [2.24, 2.45) is 4.99 Å². The summed E-state index contributed by atoms with van der Waals surface area (Å²) in [6.45, 7) is 0.535. The SMILES string of the molecule is Cc1ccc(NC(=O)COC(=O)CN=C2NS(=O)(=O)c3ccccc32)cc1F. The van der Waals surface area contributed by atoms with Crippen molar-refractivity contribution in [3.63, 3.8) is 0 Å². The van der Waals surface area contributed by atoms with Gasteiger partial charge in [0.15, 0.2) is 6.61 Å². The van der Waals surface area contributed by atoms with Crippen LogP contribution in [0.2, 0.25) is 0 Å². The third kappa shape index (κ3) is 4.34. The molecule has 0 unspecified atom stereocenters. The van der Waals surface area contributed by atoms with E-state index < -0.39 is 40.9 Å². The summed E-state index contributed by atoms with van der Waals surface area (Å²) in [4.78, 5) is 27.6. The molecule has 2 aromatic rings. The normalized spacial score (nSPS) is 15.6. The maximum Gasteiger partial charge on any atom is 0.328 e. The van der Waals surface area contributed by atoms with E-state index in [4.69, 9.17) is 4.74 Å². The van der Waals surface area contributed by atoms with Gasteiger partial charge in [-0.2, -0.15) is 0 Å². The quantitative estimate of drug-likeness (QED) is 0.729. The fraction of sp³-hybridized carbons (Fsp3) is 0.167. The van der Waals surface area contributed by atoms with Crippen LogP contribution in [0.3, 0.4) is 0 Å². The fourth-order valence-corrected chi connectivity index (χ4v) is 3.71. The van der Waals surface area contributed by atoms with E-state index in [1.165, 1.54) is 18.2 Å². The van der Waals surface area contributed by atoms with Gasteiger partial charge in [0.1, 0.15) is 18.2 Å². The molecule has 0 bridgehead atoms. The predicted octanol–water partition coefficient (Wildman–Crippen LogP) is 1.35. The van der Waals surface area contributed by atoms with Gasteiger partial charge in [0, 0.05) is 11.3 Å². The Morgan fingerprint density at radius 3 is 2.71 bits per heavy atom. The Morgan fingerprint density at radius 2 is 1.96 bits per heavy atom. The number of esters is 1. The lowest BCUT2D eigenvalue weighted by Gasteiger charge is -2.07. The highest BCUT2D eigenvalue weighted by atomic mass is 32.2.